The summed E-state index contributed by atoms with van der Waals surface area (Å²) in [7, 11) is 1.47. The molecular formula is C19H23N3O4. The third-order valence-corrected chi connectivity index (χ3v) is 4.64. The zero-order valence-corrected chi connectivity index (χ0v) is 14.9. The number of aromatic carboxylic acids is 1. The number of nitrogens with zero attached hydrogens (tertiary/aromatic N) is 3. The van der Waals surface area contributed by atoms with Gasteiger partial charge in [0, 0.05) is 44.4 Å². The number of hydrogen-bond acceptors (Lipinski definition) is 4. The fourth-order valence-electron chi connectivity index (χ4n) is 3.35. The van der Waals surface area contributed by atoms with Gasteiger partial charge in [-0.25, -0.2) is 4.79 Å². The van der Waals surface area contributed by atoms with Crippen LogP contribution in [0.3, 0.4) is 0 Å². The summed E-state index contributed by atoms with van der Waals surface area (Å²) in [5, 5.41) is 13.8. The number of rotatable bonds is 7. The van der Waals surface area contributed by atoms with Crippen molar-refractivity contribution in [3.05, 3.63) is 52.8 Å². The molecule has 1 aromatic heterocycles. The molecule has 7 nitrogen and oxygen atoms in total. The number of carbonyl (C=O) groups is 2. The van der Waals surface area contributed by atoms with Crippen molar-refractivity contribution in [2.24, 2.45) is 0 Å². The van der Waals surface area contributed by atoms with E-state index in [-0.39, 0.29) is 24.8 Å². The Labute approximate surface area is 152 Å². The first-order chi connectivity index (χ1) is 12.6. The molecular weight excluding hydrogens is 334 g/mol. The Morgan fingerprint density at radius 3 is 2.73 bits per heavy atom. The predicted molar refractivity (Wildman–Crippen MR) is 94.9 cm³/mol. The number of aryl methyl sites for hydroxylation is 2. The third kappa shape index (κ3) is 3.94. The number of carbonyl (C=O) groups excluding carboxylic acids is 1. The monoisotopic (exact) mass is 357 g/mol. The van der Waals surface area contributed by atoms with Crippen LogP contribution in [-0.4, -0.2) is 51.9 Å². The summed E-state index contributed by atoms with van der Waals surface area (Å²) in [6.07, 6.45) is 2.40. The highest BCUT2D eigenvalue weighted by molar-refractivity contribution is 5.88. The standard InChI is InChI=1S/C19H23N3O4/c1-26-13-17(23)21-11-9-16-15(12-21)18(19(24)25)20-22(16)10-5-8-14-6-3-2-4-7-14/h2-4,6-7H,5,8-13H2,1H3,(H,24,25). The van der Waals surface area contributed by atoms with Crippen LogP contribution in [0.1, 0.15) is 33.7 Å². The minimum Gasteiger partial charge on any atom is -0.476 e. The van der Waals surface area contributed by atoms with E-state index in [1.54, 1.807) is 9.58 Å². The summed E-state index contributed by atoms with van der Waals surface area (Å²) >= 11 is 0. The first-order valence-corrected chi connectivity index (χ1v) is 8.72. The van der Waals surface area contributed by atoms with Crippen molar-refractivity contribution in [3.8, 4) is 0 Å². The summed E-state index contributed by atoms with van der Waals surface area (Å²) in [6.45, 7) is 1.50. The van der Waals surface area contributed by atoms with Gasteiger partial charge in [0.15, 0.2) is 5.69 Å². The van der Waals surface area contributed by atoms with E-state index < -0.39 is 5.97 Å². The molecule has 0 radical (unpaired) electrons. The maximum absolute atomic E-state index is 12.1. The second-order valence-corrected chi connectivity index (χ2v) is 6.39. The van der Waals surface area contributed by atoms with Crippen LogP contribution in [0.15, 0.2) is 30.3 Å². The molecule has 0 unspecified atom stereocenters. The van der Waals surface area contributed by atoms with Crippen molar-refractivity contribution in [2.75, 3.05) is 20.3 Å². The van der Waals surface area contributed by atoms with Crippen LogP contribution >= 0.6 is 0 Å². The number of amides is 1. The number of carboxylic acids is 1. The average Bonchev–Trinajstić information content (AvgIpc) is 3.01. The number of ether oxygens (including phenoxy) is 1. The smallest absolute Gasteiger partial charge is 0.356 e. The van der Waals surface area contributed by atoms with E-state index >= 15 is 0 Å². The quantitative estimate of drug-likeness (QED) is 0.816. The number of carboxylic acid groups (broad SMARTS) is 1. The van der Waals surface area contributed by atoms with Crippen LogP contribution in [0, 0.1) is 0 Å². The lowest BCUT2D eigenvalue weighted by Crippen LogP contribution is -2.38. The largest absolute Gasteiger partial charge is 0.476 e. The van der Waals surface area contributed by atoms with E-state index in [0.717, 1.165) is 18.5 Å². The van der Waals surface area contributed by atoms with E-state index in [2.05, 4.69) is 17.2 Å². The van der Waals surface area contributed by atoms with Gasteiger partial charge in [-0.2, -0.15) is 5.10 Å². The summed E-state index contributed by atoms with van der Waals surface area (Å²) in [4.78, 5) is 25.3. The maximum Gasteiger partial charge on any atom is 0.356 e. The van der Waals surface area contributed by atoms with Crippen LogP contribution in [0.4, 0.5) is 0 Å². The highest BCUT2D eigenvalue weighted by Crippen LogP contribution is 2.23. The molecule has 1 amide bonds. The highest BCUT2D eigenvalue weighted by Gasteiger charge is 2.29. The summed E-state index contributed by atoms with van der Waals surface area (Å²) in [6, 6.07) is 10.2. The first kappa shape index (κ1) is 18.1. The van der Waals surface area contributed by atoms with Gasteiger partial charge in [0.25, 0.3) is 0 Å². The maximum atomic E-state index is 12.1. The molecule has 2 aromatic rings. The topological polar surface area (TPSA) is 84.7 Å². The van der Waals surface area contributed by atoms with E-state index in [4.69, 9.17) is 4.74 Å². The van der Waals surface area contributed by atoms with Gasteiger partial charge in [-0.05, 0) is 18.4 Å². The van der Waals surface area contributed by atoms with Gasteiger partial charge in [0.05, 0.1) is 0 Å². The first-order valence-electron chi connectivity index (χ1n) is 8.72. The predicted octanol–water partition coefficient (Wildman–Crippen LogP) is 1.75. The van der Waals surface area contributed by atoms with Crippen molar-refractivity contribution in [1.82, 2.24) is 14.7 Å². The Kier molecular flexibility index (Phi) is 5.68. The Bertz CT molecular complexity index is 786. The minimum atomic E-state index is -1.05. The molecule has 1 aliphatic rings. The lowest BCUT2D eigenvalue weighted by molar-refractivity contribution is -0.136. The minimum absolute atomic E-state index is 0.00293. The number of methoxy groups -OCH3 is 1. The molecule has 7 heteroatoms. The Morgan fingerprint density at radius 2 is 2.04 bits per heavy atom. The van der Waals surface area contributed by atoms with Crippen molar-refractivity contribution in [1.29, 1.82) is 0 Å². The van der Waals surface area contributed by atoms with Crippen molar-refractivity contribution >= 4 is 11.9 Å². The van der Waals surface area contributed by atoms with Crippen LogP contribution < -0.4 is 0 Å². The molecule has 1 N–H and O–H groups in total. The zero-order chi connectivity index (χ0) is 18.5. The molecule has 1 aromatic carbocycles. The van der Waals surface area contributed by atoms with Crippen LogP contribution in [0.5, 0.6) is 0 Å². The van der Waals surface area contributed by atoms with Gasteiger partial charge in [-0.15, -0.1) is 0 Å². The molecule has 0 saturated heterocycles. The van der Waals surface area contributed by atoms with Gasteiger partial charge in [0.1, 0.15) is 6.61 Å². The second-order valence-electron chi connectivity index (χ2n) is 6.39. The molecule has 0 aliphatic carbocycles. The number of fused-ring (bicyclic) bond motifs is 1. The van der Waals surface area contributed by atoms with Crippen LogP contribution in [0.2, 0.25) is 0 Å². The molecule has 0 fully saturated rings. The molecule has 1 aliphatic heterocycles. The van der Waals surface area contributed by atoms with Crippen molar-refractivity contribution in [3.63, 3.8) is 0 Å². The summed E-state index contributed by atoms with van der Waals surface area (Å²) in [5.41, 5.74) is 2.88. The van der Waals surface area contributed by atoms with Gasteiger partial charge < -0.3 is 14.7 Å². The van der Waals surface area contributed by atoms with E-state index in [1.807, 2.05) is 18.2 Å². The Balaban J connectivity index is 1.73. The normalized spacial score (nSPS) is 13.5. The molecule has 0 saturated carbocycles. The zero-order valence-electron chi connectivity index (χ0n) is 14.9. The van der Waals surface area contributed by atoms with E-state index in [0.29, 0.717) is 25.1 Å². The molecule has 2 heterocycles. The van der Waals surface area contributed by atoms with Gasteiger partial charge in [0.2, 0.25) is 5.91 Å². The summed E-state index contributed by atoms with van der Waals surface area (Å²) in [5.74, 6) is -1.18. The van der Waals surface area contributed by atoms with Crippen molar-refractivity contribution < 1.29 is 19.4 Å². The van der Waals surface area contributed by atoms with Gasteiger partial charge >= 0.3 is 5.97 Å². The fraction of sp³-hybridized carbons (Fsp3) is 0.421. The van der Waals surface area contributed by atoms with E-state index in [1.165, 1.54) is 12.7 Å². The molecule has 0 bridgehead atoms. The highest BCUT2D eigenvalue weighted by atomic mass is 16.5. The second kappa shape index (κ2) is 8.14. The Hall–Kier alpha value is -2.67. The molecule has 26 heavy (non-hydrogen) atoms. The lowest BCUT2D eigenvalue weighted by atomic mass is 10.0. The number of hydrogen-bond donors (Lipinski definition) is 1. The molecule has 138 valence electrons. The molecule has 3 rings (SSSR count). The van der Waals surface area contributed by atoms with Crippen LogP contribution in [-0.2, 0) is 35.5 Å². The SMILES string of the molecule is COCC(=O)N1CCc2c(c(C(=O)O)nn2CCCc2ccccc2)C1. The van der Waals surface area contributed by atoms with Crippen molar-refractivity contribution in [2.45, 2.75) is 32.4 Å². The average molecular weight is 357 g/mol. The number of benzene rings is 1. The lowest BCUT2D eigenvalue weighted by Gasteiger charge is -2.27. The van der Waals surface area contributed by atoms with Gasteiger partial charge in [-0.1, -0.05) is 30.3 Å². The van der Waals surface area contributed by atoms with Gasteiger partial charge in [-0.3, -0.25) is 9.48 Å². The third-order valence-electron chi connectivity index (χ3n) is 4.64. The fourth-order valence-corrected chi connectivity index (χ4v) is 3.35. The van der Waals surface area contributed by atoms with E-state index in [9.17, 15) is 14.7 Å². The van der Waals surface area contributed by atoms with Crippen LogP contribution in [0.25, 0.3) is 0 Å². The number of aromatic nitrogens is 2. The summed E-state index contributed by atoms with van der Waals surface area (Å²) < 4.78 is 6.70. The Morgan fingerprint density at radius 1 is 1.27 bits per heavy atom. The molecule has 0 spiro atoms. The molecule has 0 atom stereocenters.